The lowest BCUT2D eigenvalue weighted by atomic mass is 9.77. The Morgan fingerprint density at radius 2 is 1.96 bits per heavy atom. The maximum absolute atomic E-state index is 12.8. The van der Waals surface area contributed by atoms with E-state index in [9.17, 15) is 9.90 Å². The highest BCUT2D eigenvalue weighted by Gasteiger charge is 2.49. The molecule has 2 saturated heterocycles. The van der Waals surface area contributed by atoms with E-state index in [4.69, 9.17) is 9.26 Å². The van der Waals surface area contributed by atoms with Gasteiger partial charge >= 0.3 is 0 Å². The molecule has 0 unspecified atom stereocenters. The Morgan fingerprint density at radius 1 is 1.32 bits per heavy atom. The predicted octanol–water partition coefficient (Wildman–Crippen LogP) is 1.37. The number of nitrogens with zero attached hydrogens (tertiary/aromatic N) is 3. The zero-order valence-electron chi connectivity index (χ0n) is 15.8. The normalized spacial score (nSPS) is 29.4. The van der Waals surface area contributed by atoms with Crippen LogP contribution >= 0.6 is 0 Å². The molecular formula is C18H29N3O4. The SMILES string of the molecule is Cc1noc(C)c1C(=O)N1CCC2(CC1)C[C@H](N(C)C)[C@@](C)(O)CO2. The molecule has 1 amide bonds. The fourth-order valence-corrected chi connectivity index (χ4v) is 4.18. The third kappa shape index (κ3) is 3.32. The van der Waals surface area contributed by atoms with Crippen LogP contribution in [0.1, 0.15) is 48.0 Å². The zero-order chi connectivity index (χ0) is 18.4. The molecular weight excluding hydrogens is 322 g/mol. The molecule has 2 aliphatic rings. The van der Waals surface area contributed by atoms with Crippen LogP contribution in [0, 0.1) is 13.8 Å². The first-order valence-electron chi connectivity index (χ1n) is 8.90. The minimum Gasteiger partial charge on any atom is -0.386 e. The number of likely N-dealkylation sites (tertiary alicyclic amines) is 1. The first-order chi connectivity index (χ1) is 11.7. The summed E-state index contributed by atoms with van der Waals surface area (Å²) in [6.45, 7) is 7.01. The molecule has 3 heterocycles. The van der Waals surface area contributed by atoms with Crippen LogP contribution in [0.2, 0.25) is 0 Å². The molecule has 2 fully saturated rings. The molecule has 1 aromatic rings. The predicted molar refractivity (Wildman–Crippen MR) is 92.5 cm³/mol. The van der Waals surface area contributed by atoms with Gasteiger partial charge in [0, 0.05) is 19.1 Å². The van der Waals surface area contributed by atoms with Crippen molar-refractivity contribution < 1.29 is 19.2 Å². The Balaban J connectivity index is 1.68. The quantitative estimate of drug-likeness (QED) is 0.867. The van der Waals surface area contributed by atoms with Crippen molar-refractivity contribution >= 4 is 5.91 Å². The minimum atomic E-state index is -0.849. The van der Waals surface area contributed by atoms with Gasteiger partial charge in [-0.1, -0.05) is 5.16 Å². The molecule has 1 aromatic heterocycles. The number of hydrogen-bond donors (Lipinski definition) is 1. The van der Waals surface area contributed by atoms with Crippen LogP contribution in [-0.2, 0) is 4.74 Å². The lowest BCUT2D eigenvalue weighted by Gasteiger charge is -2.52. The van der Waals surface area contributed by atoms with E-state index in [0.717, 1.165) is 19.3 Å². The molecule has 0 saturated carbocycles. The number of carbonyl (C=O) groups is 1. The van der Waals surface area contributed by atoms with Gasteiger partial charge in [-0.15, -0.1) is 0 Å². The van der Waals surface area contributed by atoms with E-state index >= 15 is 0 Å². The van der Waals surface area contributed by atoms with E-state index < -0.39 is 5.60 Å². The molecule has 0 radical (unpaired) electrons. The Morgan fingerprint density at radius 3 is 2.48 bits per heavy atom. The van der Waals surface area contributed by atoms with Crippen molar-refractivity contribution in [2.24, 2.45) is 0 Å². The highest BCUT2D eigenvalue weighted by Crippen LogP contribution is 2.40. The topological polar surface area (TPSA) is 79.0 Å². The van der Waals surface area contributed by atoms with E-state index in [2.05, 4.69) is 10.1 Å². The molecule has 0 aromatic carbocycles. The Bertz CT molecular complexity index is 625. The van der Waals surface area contributed by atoms with Gasteiger partial charge in [0.15, 0.2) is 0 Å². The lowest BCUT2D eigenvalue weighted by Crippen LogP contribution is -2.63. The number of amides is 1. The number of aryl methyl sites for hydroxylation is 2. The average molecular weight is 351 g/mol. The molecule has 7 heteroatoms. The third-order valence-corrected chi connectivity index (χ3v) is 5.79. The molecule has 25 heavy (non-hydrogen) atoms. The summed E-state index contributed by atoms with van der Waals surface area (Å²) in [5, 5.41) is 14.5. The van der Waals surface area contributed by atoms with Crippen molar-refractivity contribution in [2.75, 3.05) is 33.8 Å². The highest BCUT2D eigenvalue weighted by atomic mass is 16.5. The number of aromatic nitrogens is 1. The number of rotatable bonds is 2. The van der Waals surface area contributed by atoms with Crippen molar-refractivity contribution in [3.63, 3.8) is 0 Å². The average Bonchev–Trinajstić information content (AvgIpc) is 2.89. The molecule has 140 valence electrons. The summed E-state index contributed by atoms with van der Waals surface area (Å²) in [5.41, 5.74) is 0.112. The van der Waals surface area contributed by atoms with E-state index in [-0.39, 0.29) is 17.6 Å². The standard InChI is InChI=1S/C18H29N3O4/c1-12-15(13(2)25-19-12)16(22)21-8-6-18(7-9-21)10-14(20(4)5)17(3,23)11-24-18/h14,23H,6-11H2,1-5H3/t14-,17-/m0/s1. The summed E-state index contributed by atoms with van der Waals surface area (Å²) in [5.74, 6) is 0.554. The van der Waals surface area contributed by atoms with Crippen molar-refractivity contribution in [1.29, 1.82) is 0 Å². The van der Waals surface area contributed by atoms with Crippen molar-refractivity contribution in [1.82, 2.24) is 15.0 Å². The van der Waals surface area contributed by atoms with Crippen LogP contribution < -0.4 is 0 Å². The second kappa shape index (κ2) is 6.37. The maximum Gasteiger partial charge on any atom is 0.259 e. The smallest absolute Gasteiger partial charge is 0.259 e. The summed E-state index contributed by atoms with van der Waals surface area (Å²) >= 11 is 0. The molecule has 1 N–H and O–H groups in total. The monoisotopic (exact) mass is 351 g/mol. The zero-order valence-corrected chi connectivity index (χ0v) is 15.8. The number of piperidine rings is 1. The van der Waals surface area contributed by atoms with Gasteiger partial charge in [0.2, 0.25) is 0 Å². The second-order valence-corrected chi connectivity index (χ2v) is 8.00. The van der Waals surface area contributed by atoms with Crippen LogP contribution in [0.4, 0.5) is 0 Å². The van der Waals surface area contributed by atoms with Gasteiger partial charge in [0.05, 0.1) is 17.9 Å². The Kier molecular flexibility index (Phi) is 4.68. The van der Waals surface area contributed by atoms with Gasteiger partial charge < -0.3 is 24.2 Å². The Labute approximate surface area is 148 Å². The van der Waals surface area contributed by atoms with Crippen LogP contribution in [0.5, 0.6) is 0 Å². The molecule has 2 aliphatic heterocycles. The summed E-state index contributed by atoms with van der Waals surface area (Å²) < 4.78 is 11.2. The maximum atomic E-state index is 12.8. The molecule has 7 nitrogen and oxygen atoms in total. The lowest BCUT2D eigenvalue weighted by molar-refractivity contribution is -0.205. The molecule has 0 bridgehead atoms. The minimum absolute atomic E-state index is 0.0157. The van der Waals surface area contributed by atoms with Gasteiger partial charge in [-0.25, -0.2) is 0 Å². The summed E-state index contributed by atoms with van der Waals surface area (Å²) in [6.07, 6.45) is 2.34. The van der Waals surface area contributed by atoms with E-state index in [1.807, 2.05) is 25.9 Å². The van der Waals surface area contributed by atoms with Gasteiger partial charge in [-0.2, -0.15) is 0 Å². The highest BCUT2D eigenvalue weighted by molar-refractivity contribution is 5.96. The number of carbonyl (C=O) groups excluding carboxylic acids is 1. The van der Waals surface area contributed by atoms with Crippen molar-refractivity contribution in [3.05, 3.63) is 17.0 Å². The van der Waals surface area contributed by atoms with E-state index in [1.165, 1.54) is 0 Å². The second-order valence-electron chi connectivity index (χ2n) is 8.00. The van der Waals surface area contributed by atoms with E-state index in [1.54, 1.807) is 13.8 Å². The van der Waals surface area contributed by atoms with Crippen LogP contribution in [-0.4, -0.2) is 77.0 Å². The summed E-state index contributed by atoms with van der Waals surface area (Å²) in [4.78, 5) is 16.7. The number of ether oxygens (including phenoxy) is 1. The molecule has 0 aliphatic carbocycles. The Hall–Kier alpha value is -1.44. The van der Waals surface area contributed by atoms with Crippen LogP contribution in [0.3, 0.4) is 0 Å². The third-order valence-electron chi connectivity index (χ3n) is 5.79. The van der Waals surface area contributed by atoms with Gasteiger partial charge in [0.25, 0.3) is 5.91 Å². The van der Waals surface area contributed by atoms with Crippen LogP contribution in [0.25, 0.3) is 0 Å². The van der Waals surface area contributed by atoms with Gasteiger partial charge in [-0.3, -0.25) is 4.79 Å². The van der Waals surface area contributed by atoms with Crippen molar-refractivity contribution in [3.8, 4) is 0 Å². The number of likely N-dealkylation sites (N-methyl/N-ethyl adjacent to an activating group) is 1. The molecule has 3 rings (SSSR count). The summed E-state index contributed by atoms with van der Waals surface area (Å²) in [7, 11) is 3.99. The van der Waals surface area contributed by atoms with E-state index in [0.29, 0.717) is 36.7 Å². The molecule has 2 atom stereocenters. The van der Waals surface area contributed by atoms with Crippen molar-refractivity contribution in [2.45, 2.75) is 57.3 Å². The van der Waals surface area contributed by atoms with Gasteiger partial charge in [0.1, 0.15) is 16.9 Å². The number of hydrogen-bond acceptors (Lipinski definition) is 6. The molecule has 1 spiro atoms. The van der Waals surface area contributed by atoms with Crippen LogP contribution in [0.15, 0.2) is 4.52 Å². The fourth-order valence-electron chi connectivity index (χ4n) is 4.18. The largest absolute Gasteiger partial charge is 0.386 e. The first kappa shape index (κ1) is 18.4. The first-order valence-corrected chi connectivity index (χ1v) is 8.90. The fraction of sp³-hybridized carbons (Fsp3) is 0.778. The van der Waals surface area contributed by atoms with Gasteiger partial charge in [-0.05, 0) is 54.1 Å². The number of aliphatic hydroxyl groups is 1. The summed E-state index contributed by atoms with van der Waals surface area (Å²) in [6, 6.07) is 0.0473.